The number of nitrogen functional groups attached to an aromatic ring is 1. The number of aromatic nitrogens is 4. The van der Waals surface area contributed by atoms with E-state index >= 15 is 0 Å². The van der Waals surface area contributed by atoms with Crippen molar-refractivity contribution in [2.45, 2.75) is 12.3 Å². The number of ether oxygens (including phenoxy) is 1. The number of nitrogens with two attached hydrogens (primary N) is 1. The third-order valence-electron chi connectivity index (χ3n) is 3.50. The first-order valence-corrected chi connectivity index (χ1v) is 9.80. The van der Waals surface area contributed by atoms with E-state index in [0.29, 0.717) is 30.1 Å². The van der Waals surface area contributed by atoms with Crippen LogP contribution in [0.5, 0.6) is 0 Å². The average Bonchev–Trinajstić information content (AvgIpc) is 2.98. The monoisotopic (exact) mass is 360 g/mol. The van der Waals surface area contributed by atoms with Gasteiger partial charge in [-0.25, -0.2) is 15.0 Å². The molecule has 3 heterocycles. The Balaban J connectivity index is 1.85. The third kappa shape index (κ3) is 3.62. The lowest BCUT2D eigenvalue weighted by molar-refractivity contribution is -0.110. The minimum absolute atomic E-state index is 0.185. The van der Waals surface area contributed by atoms with Crippen LogP contribution in [0.1, 0.15) is 6.23 Å². The number of hydrogen-bond donors (Lipinski definition) is 1. The van der Waals surface area contributed by atoms with E-state index in [-0.39, 0.29) is 12.7 Å². The van der Waals surface area contributed by atoms with Crippen LogP contribution in [0.25, 0.3) is 11.2 Å². The topological polar surface area (TPSA) is 125 Å². The number of rotatable bonds is 5. The Morgan fingerprint density at radius 3 is 3.04 bits per heavy atom. The molecule has 12 heteroatoms. The zero-order chi connectivity index (χ0) is 16.4. The van der Waals surface area contributed by atoms with Crippen LogP contribution in [-0.4, -0.2) is 56.7 Å². The van der Waals surface area contributed by atoms with Crippen LogP contribution >= 0.6 is 16.6 Å². The maximum absolute atomic E-state index is 11.4. The standard InChI is InChI=1S/C11H18N6O4P2/c1-23(19)20-4-7-2-16(22-18)3-8(21-7)17-6-15-9-10(12)13-5-14-11(9)17/h5-8,23H,2-4,22H2,1H3,(H2,12,13,14). The molecule has 1 aliphatic rings. The minimum Gasteiger partial charge on any atom is -0.382 e. The molecule has 0 aromatic carbocycles. The van der Waals surface area contributed by atoms with E-state index in [1.54, 1.807) is 15.6 Å². The van der Waals surface area contributed by atoms with Gasteiger partial charge in [-0.3, -0.25) is 13.8 Å². The third-order valence-corrected chi connectivity index (χ3v) is 4.79. The predicted molar refractivity (Wildman–Crippen MR) is 86.5 cm³/mol. The molecule has 4 atom stereocenters. The summed E-state index contributed by atoms with van der Waals surface area (Å²) in [6.07, 6.45) is 2.17. The largest absolute Gasteiger partial charge is 0.382 e. The quantitative estimate of drug-likeness (QED) is 0.754. The highest BCUT2D eigenvalue weighted by Crippen LogP contribution is 2.28. The molecule has 1 aliphatic heterocycles. The zero-order valence-electron chi connectivity index (χ0n) is 12.5. The molecule has 3 rings (SSSR count). The van der Waals surface area contributed by atoms with Crippen LogP contribution in [-0.2, 0) is 18.4 Å². The lowest BCUT2D eigenvalue weighted by Gasteiger charge is -2.35. The van der Waals surface area contributed by atoms with Crippen LogP contribution < -0.4 is 5.73 Å². The summed E-state index contributed by atoms with van der Waals surface area (Å²) >= 11 is 0. The molecule has 4 unspecified atom stereocenters. The van der Waals surface area contributed by atoms with Crippen LogP contribution in [0, 0.1) is 0 Å². The van der Waals surface area contributed by atoms with Gasteiger partial charge in [-0.05, 0) is 0 Å². The van der Waals surface area contributed by atoms with Crippen molar-refractivity contribution in [1.82, 2.24) is 24.2 Å². The summed E-state index contributed by atoms with van der Waals surface area (Å²) in [5.41, 5.74) is 6.83. The first-order chi connectivity index (χ1) is 11.1. The molecule has 10 nitrogen and oxygen atoms in total. The van der Waals surface area contributed by atoms with Gasteiger partial charge in [0.15, 0.2) is 19.5 Å². The zero-order valence-corrected chi connectivity index (χ0v) is 14.6. The molecule has 0 saturated carbocycles. The predicted octanol–water partition coefficient (Wildman–Crippen LogP) is 0.400. The number of fused-ring (bicyclic) bond motifs is 1. The molecule has 1 saturated heterocycles. The Hall–Kier alpha value is -1.31. The van der Waals surface area contributed by atoms with Gasteiger partial charge >= 0.3 is 0 Å². The molecule has 0 spiro atoms. The Morgan fingerprint density at radius 2 is 2.30 bits per heavy atom. The molecular formula is C11H18N6O4P2. The first-order valence-electron chi connectivity index (χ1n) is 6.99. The summed E-state index contributed by atoms with van der Waals surface area (Å²) in [5, 5.41) is 0. The molecular weight excluding hydrogens is 342 g/mol. The summed E-state index contributed by atoms with van der Waals surface area (Å²) in [7, 11) is -3.14. The van der Waals surface area contributed by atoms with Gasteiger partial charge in [0.2, 0.25) is 0 Å². The maximum atomic E-state index is 11.4. The van der Waals surface area contributed by atoms with Crippen molar-refractivity contribution >= 4 is 33.6 Å². The Labute approximate surface area is 134 Å². The molecule has 0 amide bonds. The average molecular weight is 360 g/mol. The van der Waals surface area contributed by atoms with Gasteiger partial charge in [0.25, 0.3) is 0 Å². The summed E-state index contributed by atoms with van der Waals surface area (Å²) < 4.78 is 37.2. The summed E-state index contributed by atoms with van der Waals surface area (Å²) in [4.78, 5) is 12.3. The summed E-state index contributed by atoms with van der Waals surface area (Å²) in [6.45, 7) is 2.61. The number of morpholine rings is 1. The number of hydrogen-bond acceptors (Lipinski definition) is 8. The van der Waals surface area contributed by atoms with E-state index in [1.165, 1.54) is 13.0 Å². The van der Waals surface area contributed by atoms with Gasteiger partial charge in [-0.1, -0.05) is 0 Å². The van der Waals surface area contributed by atoms with Crippen molar-refractivity contribution < 1.29 is 18.4 Å². The van der Waals surface area contributed by atoms with Crippen molar-refractivity contribution in [3.05, 3.63) is 12.7 Å². The van der Waals surface area contributed by atoms with E-state index in [4.69, 9.17) is 15.0 Å². The molecule has 23 heavy (non-hydrogen) atoms. The second-order valence-electron chi connectivity index (χ2n) is 5.16. The molecule has 0 radical (unpaired) electrons. The van der Waals surface area contributed by atoms with Gasteiger partial charge in [-0.15, -0.1) is 0 Å². The highest BCUT2D eigenvalue weighted by molar-refractivity contribution is 7.38. The number of imidazole rings is 1. The van der Waals surface area contributed by atoms with E-state index in [0.717, 1.165) is 0 Å². The van der Waals surface area contributed by atoms with Crippen molar-refractivity contribution in [1.29, 1.82) is 0 Å². The van der Waals surface area contributed by atoms with Gasteiger partial charge in [0.1, 0.15) is 26.7 Å². The van der Waals surface area contributed by atoms with E-state index < -0.39 is 22.9 Å². The fourth-order valence-corrected chi connectivity index (χ4v) is 3.48. The Morgan fingerprint density at radius 1 is 1.48 bits per heavy atom. The van der Waals surface area contributed by atoms with E-state index in [1.807, 2.05) is 0 Å². The highest BCUT2D eigenvalue weighted by atomic mass is 31.1. The molecule has 2 N–H and O–H groups in total. The van der Waals surface area contributed by atoms with Crippen molar-refractivity contribution in [3.63, 3.8) is 0 Å². The smallest absolute Gasteiger partial charge is 0.188 e. The van der Waals surface area contributed by atoms with Gasteiger partial charge in [0, 0.05) is 13.2 Å². The SMILES string of the molecule is C[PH](=O)OCC1CN([PH2]=O)CC(n2cnc3c(N)ncnc32)O1. The lowest BCUT2D eigenvalue weighted by atomic mass is 10.3. The van der Waals surface area contributed by atoms with Crippen molar-refractivity contribution in [3.8, 4) is 0 Å². The van der Waals surface area contributed by atoms with E-state index in [2.05, 4.69) is 15.0 Å². The Kier molecular flexibility index (Phi) is 5.08. The summed E-state index contributed by atoms with van der Waals surface area (Å²) in [6, 6.07) is 0. The fourth-order valence-electron chi connectivity index (χ4n) is 2.47. The van der Waals surface area contributed by atoms with E-state index in [9.17, 15) is 9.13 Å². The van der Waals surface area contributed by atoms with Crippen molar-refractivity contribution in [2.24, 2.45) is 0 Å². The second-order valence-corrected chi connectivity index (χ2v) is 7.37. The van der Waals surface area contributed by atoms with Crippen LogP contribution in [0.2, 0.25) is 0 Å². The van der Waals surface area contributed by atoms with Crippen LogP contribution in [0.3, 0.4) is 0 Å². The Bertz CT molecular complexity index is 740. The van der Waals surface area contributed by atoms with Gasteiger partial charge in [-0.2, -0.15) is 0 Å². The van der Waals surface area contributed by atoms with Gasteiger partial charge in [0.05, 0.1) is 25.6 Å². The molecule has 126 valence electrons. The second kappa shape index (κ2) is 7.07. The molecule has 1 fully saturated rings. The molecule has 2 aromatic rings. The molecule has 0 aliphatic carbocycles. The number of anilines is 1. The first kappa shape index (κ1) is 16.5. The van der Waals surface area contributed by atoms with Crippen LogP contribution in [0.4, 0.5) is 5.82 Å². The lowest BCUT2D eigenvalue weighted by Crippen LogP contribution is -2.43. The van der Waals surface area contributed by atoms with Crippen LogP contribution in [0.15, 0.2) is 12.7 Å². The summed E-state index contributed by atoms with van der Waals surface area (Å²) in [5.74, 6) is 0.292. The molecule has 2 aromatic heterocycles. The molecule has 0 bridgehead atoms. The van der Waals surface area contributed by atoms with Crippen molar-refractivity contribution in [2.75, 3.05) is 32.1 Å². The minimum atomic E-state index is -2.04. The van der Waals surface area contributed by atoms with Gasteiger partial charge < -0.3 is 19.6 Å². The normalized spacial score (nSPS) is 24.6. The highest BCUT2D eigenvalue weighted by Gasteiger charge is 2.30. The fraction of sp³-hybridized carbons (Fsp3) is 0.545. The maximum Gasteiger partial charge on any atom is 0.188 e. The number of nitrogens with zero attached hydrogens (tertiary/aromatic N) is 5.